The molecule has 2 nitrogen and oxygen atoms in total. The van der Waals surface area contributed by atoms with Crippen molar-refractivity contribution < 1.29 is 9.21 Å². The van der Waals surface area contributed by atoms with Crippen molar-refractivity contribution in [2.75, 3.05) is 0 Å². The molecule has 0 amide bonds. The Hall–Kier alpha value is -1.35. The van der Waals surface area contributed by atoms with Crippen LogP contribution in [0.15, 0.2) is 45.5 Å². The van der Waals surface area contributed by atoms with Crippen LogP contribution in [-0.2, 0) is 6.42 Å². The molecule has 3 rings (SSSR count). The molecule has 0 N–H and O–H groups in total. The van der Waals surface area contributed by atoms with Crippen LogP contribution in [0.25, 0.3) is 0 Å². The molecule has 0 saturated carbocycles. The highest BCUT2D eigenvalue weighted by atomic mass is 79.9. The summed E-state index contributed by atoms with van der Waals surface area (Å²) in [5, 5.41) is 0. The number of ketones is 1. The summed E-state index contributed by atoms with van der Waals surface area (Å²) in [6, 6.07) is 9.91. The van der Waals surface area contributed by atoms with Crippen LogP contribution in [0.5, 0.6) is 0 Å². The Morgan fingerprint density at radius 1 is 1.29 bits per heavy atom. The standard InChI is InChI=1S/C14H11BrO2/c15-12-7-8-17-14(12)13(16)11-6-5-9-3-1-2-4-10(9)11/h1-4,7-8,11H,5-6H2. The van der Waals surface area contributed by atoms with Gasteiger partial charge in [0, 0.05) is 0 Å². The lowest BCUT2D eigenvalue weighted by Gasteiger charge is -2.08. The molecule has 0 radical (unpaired) electrons. The molecule has 0 aliphatic heterocycles. The molecule has 0 spiro atoms. The van der Waals surface area contributed by atoms with Crippen molar-refractivity contribution in [3.05, 3.63) is 58.0 Å². The molecule has 0 bridgehead atoms. The lowest BCUT2D eigenvalue weighted by molar-refractivity contribution is 0.0931. The van der Waals surface area contributed by atoms with E-state index < -0.39 is 0 Å². The Balaban J connectivity index is 1.98. The summed E-state index contributed by atoms with van der Waals surface area (Å²) in [5.41, 5.74) is 2.44. The van der Waals surface area contributed by atoms with Gasteiger partial charge in [0.1, 0.15) is 0 Å². The number of carbonyl (C=O) groups excluding carboxylic acids is 1. The number of fused-ring (bicyclic) bond motifs is 1. The van der Waals surface area contributed by atoms with Gasteiger partial charge >= 0.3 is 0 Å². The van der Waals surface area contributed by atoms with Crippen molar-refractivity contribution in [1.82, 2.24) is 0 Å². The number of hydrogen-bond acceptors (Lipinski definition) is 2. The Labute approximate surface area is 108 Å². The molecular weight excluding hydrogens is 280 g/mol. The number of aryl methyl sites for hydroxylation is 1. The second kappa shape index (κ2) is 4.15. The molecule has 0 fully saturated rings. The van der Waals surface area contributed by atoms with E-state index in [0.29, 0.717) is 5.76 Å². The van der Waals surface area contributed by atoms with E-state index in [9.17, 15) is 4.79 Å². The molecule has 1 atom stereocenters. The highest BCUT2D eigenvalue weighted by Gasteiger charge is 2.31. The van der Waals surface area contributed by atoms with E-state index in [4.69, 9.17) is 4.42 Å². The summed E-state index contributed by atoms with van der Waals surface area (Å²) in [6.07, 6.45) is 3.40. The van der Waals surface area contributed by atoms with E-state index >= 15 is 0 Å². The van der Waals surface area contributed by atoms with E-state index in [2.05, 4.69) is 22.0 Å². The molecule has 1 unspecified atom stereocenters. The van der Waals surface area contributed by atoms with Gasteiger partial charge in [-0.15, -0.1) is 0 Å². The highest BCUT2D eigenvalue weighted by molar-refractivity contribution is 9.10. The van der Waals surface area contributed by atoms with E-state index in [-0.39, 0.29) is 11.7 Å². The maximum Gasteiger partial charge on any atom is 0.206 e. The molecule has 1 heterocycles. The highest BCUT2D eigenvalue weighted by Crippen LogP contribution is 2.36. The van der Waals surface area contributed by atoms with Crippen molar-refractivity contribution in [3.8, 4) is 0 Å². The minimum Gasteiger partial charge on any atom is -0.460 e. The van der Waals surface area contributed by atoms with Crippen molar-refractivity contribution in [2.24, 2.45) is 0 Å². The Kier molecular flexibility index (Phi) is 2.63. The fourth-order valence-corrected chi connectivity index (χ4v) is 2.85. The largest absolute Gasteiger partial charge is 0.460 e. The van der Waals surface area contributed by atoms with Gasteiger partial charge in [0.15, 0.2) is 5.76 Å². The van der Waals surface area contributed by atoms with Crippen LogP contribution in [0.3, 0.4) is 0 Å². The van der Waals surface area contributed by atoms with Crippen LogP contribution >= 0.6 is 15.9 Å². The van der Waals surface area contributed by atoms with E-state index in [1.165, 1.54) is 11.8 Å². The van der Waals surface area contributed by atoms with Gasteiger partial charge in [-0.05, 0) is 46.0 Å². The van der Waals surface area contributed by atoms with Crippen molar-refractivity contribution in [1.29, 1.82) is 0 Å². The molecule has 1 aliphatic carbocycles. The third kappa shape index (κ3) is 1.75. The summed E-state index contributed by atoms with van der Waals surface area (Å²) >= 11 is 3.34. The van der Waals surface area contributed by atoms with E-state index in [1.807, 2.05) is 18.2 Å². The zero-order chi connectivity index (χ0) is 11.8. The maximum absolute atomic E-state index is 12.4. The summed E-state index contributed by atoms with van der Waals surface area (Å²) < 4.78 is 6.00. The van der Waals surface area contributed by atoms with E-state index in [0.717, 1.165) is 22.9 Å². The fraction of sp³-hybridized carbons (Fsp3) is 0.214. The molecule has 0 saturated heterocycles. The van der Waals surface area contributed by atoms with Crippen molar-refractivity contribution in [3.63, 3.8) is 0 Å². The predicted molar refractivity (Wildman–Crippen MR) is 68.2 cm³/mol. The van der Waals surface area contributed by atoms with Crippen LogP contribution < -0.4 is 0 Å². The van der Waals surface area contributed by atoms with Gasteiger partial charge in [0.2, 0.25) is 5.78 Å². The summed E-state index contributed by atoms with van der Waals surface area (Å²) in [4.78, 5) is 12.4. The van der Waals surface area contributed by atoms with Crippen LogP contribution in [0.4, 0.5) is 0 Å². The molecular formula is C14H11BrO2. The Bertz CT molecular complexity index is 571. The minimum absolute atomic E-state index is 0.0475. The van der Waals surface area contributed by atoms with Gasteiger partial charge in [0.25, 0.3) is 0 Å². The first-order valence-electron chi connectivity index (χ1n) is 5.62. The van der Waals surface area contributed by atoms with Gasteiger partial charge in [-0.2, -0.15) is 0 Å². The molecule has 17 heavy (non-hydrogen) atoms. The number of hydrogen-bond donors (Lipinski definition) is 0. The van der Waals surface area contributed by atoms with Gasteiger partial charge in [-0.25, -0.2) is 0 Å². The van der Waals surface area contributed by atoms with Crippen LogP contribution in [0, 0.1) is 0 Å². The second-order valence-corrected chi connectivity index (χ2v) is 5.11. The molecule has 3 heteroatoms. The van der Waals surface area contributed by atoms with Crippen LogP contribution in [0.2, 0.25) is 0 Å². The zero-order valence-corrected chi connectivity index (χ0v) is 10.7. The Morgan fingerprint density at radius 3 is 2.88 bits per heavy atom. The first-order chi connectivity index (χ1) is 8.27. The number of halogens is 1. The quantitative estimate of drug-likeness (QED) is 0.784. The lowest BCUT2D eigenvalue weighted by Crippen LogP contribution is -2.09. The topological polar surface area (TPSA) is 30.2 Å². The molecule has 86 valence electrons. The van der Waals surface area contributed by atoms with Gasteiger partial charge < -0.3 is 4.42 Å². The second-order valence-electron chi connectivity index (χ2n) is 4.25. The third-order valence-electron chi connectivity index (χ3n) is 3.29. The van der Waals surface area contributed by atoms with Crippen LogP contribution in [0.1, 0.15) is 34.0 Å². The van der Waals surface area contributed by atoms with E-state index in [1.54, 1.807) is 6.07 Å². The average molecular weight is 291 g/mol. The van der Waals surface area contributed by atoms with Gasteiger partial charge in [-0.3, -0.25) is 4.79 Å². The monoisotopic (exact) mass is 290 g/mol. The first kappa shape index (κ1) is 10.8. The number of benzene rings is 1. The number of furan rings is 1. The smallest absolute Gasteiger partial charge is 0.206 e. The predicted octanol–water partition coefficient (Wildman–Crippen LogP) is 3.95. The SMILES string of the molecule is O=C(c1occc1Br)C1CCc2ccccc21. The number of Topliss-reactive ketones (excluding diaryl/α,β-unsaturated/α-hetero) is 1. The zero-order valence-electron chi connectivity index (χ0n) is 9.15. The average Bonchev–Trinajstić information content (AvgIpc) is 2.94. The summed E-state index contributed by atoms with van der Waals surface area (Å²) in [5.74, 6) is 0.465. The maximum atomic E-state index is 12.4. The Morgan fingerprint density at radius 2 is 2.12 bits per heavy atom. The van der Waals surface area contributed by atoms with Crippen molar-refractivity contribution >= 4 is 21.7 Å². The third-order valence-corrected chi connectivity index (χ3v) is 3.91. The summed E-state index contributed by atoms with van der Waals surface area (Å²) in [7, 11) is 0. The molecule has 1 aliphatic rings. The van der Waals surface area contributed by atoms with Crippen LogP contribution in [-0.4, -0.2) is 5.78 Å². The fourth-order valence-electron chi connectivity index (χ4n) is 2.46. The summed E-state index contributed by atoms with van der Waals surface area (Å²) in [6.45, 7) is 0. The lowest BCUT2D eigenvalue weighted by atomic mass is 9.95. The molecule has 2 aromatic rings. The minimum atomic E-state index is -0.0475. The van der Waals surface area contributed by atoms with Gasteiger partial charge in [0.05, 0.1) is 16.7 Å². The first-order valence-corrected chi connectivity index (χ1v) is 6.41. The van der Waals surface area contributed by atoms with Crippen molar-refractivity contribution in [2.45, 2.75) is 18.8 Å². The van der Waals surface area contributed by atoms with Gasteiger partial charge in [-0.1, -0.05) is 24.3 Å². The normalized spacial score (nSPS) is 18.1. The number of carbonyl (C=O) groups is 1. The molecule has 1 aromatic carbocycles. The molecule has 1 aromatic heterocycles. The number of rotatable bonds is 2.